The van der Waals surface area contributed by atoms with Crippen LogP contribution in [0.25, 0.3) is 10.8 Å². The number of fused-ring (bicyclic) bond motifs is 1. The zero-order valence-electron chi connectivity index (χ0n) is 10.7. The largest absolute Gasteiger partial charge is 0.320 e. The van der Waals surface area contributed by atoms with Gasteiger partial charge in [-0.3, -0.25) is 0 Å². The lowest BCUT2D eigenvalue weighted by Gasteiger charge is -2.14. The van der Waals surface area contributed by atoms with Gasteiger partial charge in [-0.15, -0.1) is 0 Å². The number of rotatable bonds is 2. The molecular formula is C17H13ClFN. The van der Waals surface area contributed by atoms with E-state index in [2.05, 4.69) is 12.1 Å². The molecule has 0 saturated carbocycles. The van der Waals surface area contributed by atoms with Gasteiger partial charge in [-0.2, -0.15) is 0 Å². The predicted molar refractivity (Wildman–Crippen MR) is 81.4 cm³/mol. The van der Waals surface area contributed by atoms with Crippen molar-refractivity contribution in [3.63, 3.8) is 0 Å². The van der Waals surface area contributed by atoms with Crippen LogP contribution in [0.4, 0.5) is 4.39 Å². The summed E-state index contributed by atoms with van der Waals surface area (Å²) >= 11 is 5.81. The maximum Gasteiger partial charge on any atom is 0.141 e. The SMILES string of the molecule is NC(c1ccc(F)c(Cl)c1)c1ccc2ccccc2c1. The van der Waals surface area contributed by atoms with E-state index in [0.717, 1.165) is 16.5 Å². The Balaban J connectivity index is 2.02. The number of halogens is 2. The smallest absolute Gasteiger partial charge is 0.141 e. The van der Waals surface area contributed by atoms with Crippen LogP contribution in [0.2, 0.25) is 5.02 Å². The zero-order valence-corrected chi connectivity index (χ0v) is 11.4. The van der Waals surface area contributed by atoms with E-state index in [4.69, 9.17) is 17.3 Å². The highest BCUT2D eigenvalue weighted by atomic mass is 35.5. The molecule has 0 fully saturated rings. The van der Waals surface area contributed by atoms with E-state index in [1.165, 1.54) is 11.5 Å². The van der Waals surface area contributed by atoms with Crippen LogP contribution >= 0.6 is 11.6 Å². The van der Waals surface area contributed by atoms with Crippen molar-refractivity contribution in [2.45, 2.75) is 6.04 Å². The van der Waals surface area contributed by atoms with Gasteiger partial charge in [0.25, 0.3) is 0 Å². The summed E-state index contributed by atoms with van der Waals surface area (Å²) in [6.45, 7) is 0. The summed E-state index contributed by atoms with van der Waals surface area (Å²) in [4.78, 5) is 0. The minimum Gasteiger partial charge on any atom is -0.320 e. The maximum absolute atomic E-state index is 13.2. The minimum atomic E-state index is -0.430. The molecule has 1 nitrogen and oxygen atoms in total. The fraction of sp³-hybridized carbons (Fsp3) is 0.0588. The summed E-state index contributed by atoms with van der Waals surface area (Å²) in [6, 6.07) is 18.4. The van der Waals surface area contributed by atoms with Crippen LogP contribution in [0, 0.1) is 5.82 Å². The zero-order chi connectivity index (χ0) is 14.1. The second-order valence-corrected chi connectivity index (χ2v) is 5.17. The second kappa shape index (κ2) is 5.23. The van der Waals surface area contributed by atoms with Crippen molar-refractivity contribution in [2.75, 3.05) is 0 Å². The molecule has 1 atom stereocenters. The van der Waals surface area contributed by atoms with Crippen LogP contribution in [0.15, 0.2) is 60.7 Å². The summed E-state index contributed by atoms with van der Waals surface area (Å²) in [6.07, 6.45) is 0. The fourth-order valence-electron chi connectivity index (χ4n) is 2.30. The highest BCUT2D eigenvalue weighted by Crippen LogP contribution is 2.26. The molecule has 0 spiro atoms. The van der Waals surface area contributed by atoms with Gasteiger partial charge in [0.2, 0.25) is 0 Å². The lowest BCUT2D eigenvalue weighted by molar-refractivity contribution is 0.627. The molecule has 0 radical (unpaired) electrons. The Morgan fingerprint density at radius 2 is 1.50 bits per heavy atom. The molecule has 3 aromatic rings. The summed E-state index contributed by atoms with van der Waals surface area (Å²) in [5.41, 5.74) is 8.02. The van der Waals surface area contributed by atoms with Crippen molar-refractivity contribution >= 4 is 22.4 Å². The van der Waals surface area contributed by atoms with E-state index in [1.54, 1.807) is 12.1 Å². The molecule has 0 aliphatic carbocycles. The van der Waals surface area contributed by atoms with E-state index < -0.39 is 5.82 Å². The molecule has 0 aliphatic heterocycles. The Bertz CT molecular complexity index is 770. The van der Waals surface area contributed by atoms with E-state index in [0.29, 0.717) is 0 Å². The lowest BCUT2D eigenvalue weighted by atomic mass is 9.97. The first-order chi connectivity index (χ1) is 9.65. The average molecular weight is 286 g/mol. The van der Waals surface area contributed by atoms with Crippen molar-refractivity contribution in [1.29, 1.82) is 0 Å². The Hall–Kier alpha value is -1.90. The summed E-state index contributed by atoms with van der Waals surface area (Å²) in [7, 11) is 0. The molecule has 3 rings (SSSR count). The lowest BCUT2D eigenvalue weighted by Crippen LogP contribution is -2.11. The normalized spacial score (nSPS) is 12.6. The monoisotopic (exact) mass is 285 g/mol. The molecule has 0 amide bonds. The minimum absolute atomic E-state index is 0.0961. The van der Waals surface area contributed by atoms with Gasteiger partial charge < -0.3 is 5.73 Å². The standard InChI is InChI=1S/C17H13ClFN/c18-15-10-14(7-8-16(15)19)17(20)13-6-5-11-3-1-2-4-12(11)9-13/h1-10,17H,20H2. The Kier molecular flexibility index (Phi) is 3.43. The first-order valence-corrected chi connectivity index (χ1v) is 6.72. The number of hydrogen-bond donors (Lipinski definition) is 1. The van der Waals surface area contributed by atoms with Crippen molar-refractivity contribution in [3.05, 3.63) is 82.6 Å². The molecule has 20 heavy (non-hydrogen) atoms. The topological polar surface area (TPSA) is 26.0 Å². The van der Waals surface area contributed by atoms with E-state index in [9.17, 15) is 4.39 Å². The highest BCUT2D eigenvalue weighted by molar-refractivity contribution is 6.30. The third kappa shape index (κ3) is 2.40. The number of benzene rings is 3. The molecule has 1 unspecified atom stereocenters. The average Bonchev–Trinajstić information content (AvgIpc) is 2.49. The quantitative estimate of drug-likeness (QED) is 0.727. The van der Waals surface area contributed by atoms with Crippen LogP contribution in [0.5, 0.6) is 0 Å². The first-order valence-electron chi connectivity index (χ1n) is 6.34. The molecule has 0 aliphatic rings. The van der Waals surface area contributed by atoms with Crippen molar-refractivity contribution in [3.8, 4) is 0 Å². The van der Waals surface area contributed by atoms with Crippen molar-refractivity contribution < 1.29 is 4.39 Å². The summed E-state index contributed by atoms with van der Waals surface area (Å²) < 4.78 is 13.2. The number of nitrogens with two attached hydrogens (primary N) is 1. The van der Waals surface area contributed by atoms with Gasteiger partial charge in [0, 0.05) is 0 Å². The molecule has 0 heterocycles. The third-order valence-corrected chi connectivity index (χ3v) is 3.73. The number of hydrogen-bond acceptors (Lipinski definition) is 1. The predicted octanol–water partition coefficient (Wildman–Crippen LogP) is 4.68. The van der Waals surface area contributed by atoms with E-state index in [-0.39, 0.29) is 11.1 Å². The molecule has 2 N–H and O–H groups in total. The highest BCUT2D eigenvalue weighted by Gasteiger charge is 2.11. The van der Waals surface area contributed by atoms with E-state index in [1.807, 2.05) is 30.3 Å². The maximum atomic E-state index is 13.2. The second-order valence-electron chi connectivity index (χ2n) is 4.76. The van der Waals surface area contributed by atoms with Crippen LogP contribution in [0.3, 0.4) is 0 Å². The molecule has 0 saturated heterocycles. The van der Waals surface area contributed by atoms with Crippen LogP contribution in [-0.2, 0) is 0 Å². The first kappa shape index (κ1) is 13.1. The molecule has 100 valence electrons. The fourth-order valence-corrected chi connectivity index (χ4v) is 2.49. The van der Waals surface area contributed by atoms with Crippen LogP contribution < -0.4 is 5.73 Å². The Labute approximate surface area is 121 Å². The molecule has 3 aromatic carbocycles. The summed E-state index contributed by atoms with van der Waals surface area (Å²) in [5.74, 6) is -0.430. The molecule has 3 heteroatoms. The van der Waals surface area contributed by atoms with Crippen LogP contribution in [0.1, 0.15) is 17.2 Å². The van der Waals surface area contributed by atoms with Gasteiger partial charge in [-0.25, -0.2) is 4.39 Å². The molecule has 0 bridgehead atoms. The molecular weight excluding hydrogens is 273 g/mol. The van der Waals surface area contributed by atoms with Gasteiger partial charge in [0.1, 0.15) is 5.82 Å². The van der Waals surface area contributed by atoms with Gasteiger partial charge >= 0.3 is 0 Å². The van der Waals surface area contributed by atoms with Crippen LogP contribution in [-0.4, -0.2) is 0 Å². The van der Waals surface area contributed by atoms with Crippen molar-refractivity contribution in [1.82, 2.24) is 0 Å². The Morgan fingerprint density at radius 3 is 2.25 bits per heavy atom. The van der Waals surface area contributed by atoms with Gasteiger partial charge in [0.05, 0.1) is 11.1 Å². The molecule has 0 aromatic heterocycles. The van der Waals surface area contributed by atoms with Gasteiger partial charge in [0.15, 0.2) is 0 Å². The van der Waals surface area contributed by atoms with E-state index >= 15 is 0 Å². The van der Waals surface area contributed by atoms with Gasteiger partial charge in [-0.1, -0.05) is 54.1 Å². The third-order valence-electron chi connectivity index (χ3n) is 3.44. The Morgan fingerprint density at radius 1 is 0.850 bits per heavy atom. The van der Waals surface area contributed by atoms with Gasteiger partial charge in [-0.05, 0) is 40.1 Å². The van der Waals surface area contributed by atoms with Crippen molar-refractivity contribution in [2.24, 2.45) is 5.73 Å². The summed E-state index contributed by atoms with van der Waals surface area (Å²) in [5, 5.41) is 2.40.